The van der Waals surface area contributed by atoms with E-state index in [1.165, 1.54) is 0 Å². The average molecular weight is 242 g/mol. The van der Waals surface area contributed by atoms with Gasteiger partial charge in [0.2, 0.25) is 11.7 Å². The maximum atomic E-state index is 12.1. The predicted molar refractivity (Wildman–Crippen MR) is 31.6 cm³/mol. The Balaban J connectivity index is 4.88. The van der Waals surface area contributed by atoms with Crippen molar-refractivity contribution in [3.05, 3.63) is 24.3 Å². The lowest BCUT2D eigenvalue weighted by Crippen LogP contribution is -2.34. The maximum Gasteiger partial charge on any atom is 0.416 e. The number of alkyl halides is 4. The normalized spacial score (nSPS) is 15.7. The van der Waals surface area contributed by atoms with Gasteiger partial charge in [0.15, 0.2) is 0 Å². The van der Waals surface area contributed by atoms with Crippen LogP contribution in [0.4, 0.5) is 35.1 Å². The van der Waals surface area contributed by atoms with E-state index in [0.29, 0.717) is 0 Å². The Labute approximate surface area is 77.6 Å². The first-order chi connectivity index (χ1) is 6.67. The molecule has 88 valence electrons. The summed E-state index contributed by atoms with van der Waals surface area (Å²) in [5, 5.41) is 0. The third-order valence-corrected chi connectivity index (χ3v) is 1.00. The van der Waals surface area contributed by atoms with Gasteiger partial charge in [-0.3, -0.25) is 0 Å². The van der Waals surface area contributed by atoms with Crippen molar-refractivity contribution in [3.8, 4) is 0 Å². The molecule has 0 atom stereocenters. The van der Waals surface area contributed by atoms with Crippen LogP contribution in [0.15, 0.2) is 24.3 Å². The molecule has 0 aliphatic rings. The van der Waals surface area contributed by atoms with E-state index in [2.05, 4.69) is 4.74 Å². The van der Waals surface area contributed by atoms with Crippen LogP contribution in [-0.2, 0) is 4.74 Å². The van der Waals surface area contributed by atoms with Crippen LogP contribution in [-0.4, -0.2) is 12.2 Å². The van der Waals surface area contributed by atoms with E-state index in [1.54, 1.807) is 0 Å². The molecule has 0 aromatic heterocycles. The number of halogens is 8. The summed E-state index contributed by atoms with van der Waals surface area (Å²) in [5.41, 5.74) is 0. The summed E-state index contributed by atoms with van der Waals surface area (Å²) in [4.78, 5) is 0. The quantitative estimate of drug-likeness (QED) is 0.682. The van der Waals surface area contributed by atoms with Gasteiger partial charge in [-0.2, -0.15) is 26.3 Å². The van der Waals surface area contributed by atoms with Gasteiger partial charge in [0, 0.05) is 0 Å². The third-order valence-electron chi connectivity index (χ3n) is 1.00. The minimum Gasteiger partial charge on any atom is -0.243 e. The molecule has 0 rings (SSSR count). The molecule has 0 fully saturated rings. The van der Waals surface area contributed by atoms with Crippen molar-refractivity contribution in [1.82, 2.24) is 0 Å². The lowest BCUT2D eigenvalue weighted by atomic mass is 10.5. The molecule has 15 heavy (non-hydrogen) atoms. The fourth-order valence-corrected chi connectivity index (χ4v) is 0.386. The highest BCUT2D eigenvalue weighted by Crippen LogP contribution is 2.37. The maximum absolute atomic E-state index is 12.1. The van der Waals surface area contributed by atoms with Gasteiger partial charge in [0.1, 0.15) is 12.7 Å². The summed E-state index contributed by atoms with van der Waals surface area (Å²) in [7, 11) is 0. The summed E-state index contributed by atoms with van der Waals surface area (Å²) >= 11 is 0. The van der Waals surface area contributed by atoms with Gasteiger partial charge in [-0.1, -0.05) is 0 Å². The van der Waals surface area contributed by atoms with Gasteiger partial charge >= 0.3 is 12.2 Å². The molecule has 0 aliphatic carbocycles. The van der Waals surface area contributed by atoms with Crippen LogP contribution in [0.3, 0.4) is 0 Å². The fourth-order valence-electron chi connectivity index (χ4n) is 0.386. The molecule has 0 saturated heterocycles. The van der Waals surface area contributed by atoms with Crippen molar-refractivity contribution in [2.75, 3.05) is 0 Å². The summed E-state index contributed by atoms with van der Waals surface area (Å²) in [6.07, 6.45) is -13.5. The van der Waals surface area contributed by atoms with E-state index in [4.69, 9.17) is 0 Å². The zero-order chi connectivity index (χ0) is 12.3. The number of hydrogen-bond donors (Lipinski definition) is 0. The molecular weight excluding hydrogens is 240 g/mol. The van der Waals surface area contributed by atoms with Gasteiger partial charge in [0.05, 0.1) is 0 Å². The van der Waals surface area contributed by atoms with E-state index < -0.39 is 36.5 Å². The van der Waals surface area contributed by atoms with Gasteiger partial charge in [0.25, 0.3) is 0 Å². The molecule has 0 radical (unpaired) electrons. The van der Waals surface area contributed by atoms with Crippen LogP contribution >= 0.6 is 0 Å². The average Bonchev–Trinajstić information content (AvgIpc) is 2.13. The van der Waals surface area contributed by atoms with Crippen LogP contribution < -0.4 is 0 Å². The Morgan fingerprint density at radius 3 is 1.27 bits per heavy atom. The van der Waals surface area contributed by atoms with E-state index >= 15 is 0 Å². The first-order valence-electron chi connectivity index (χ1n) is 3.06. The predicted octanol–water partition coefficient (Wildman–Crippen LogP) is 3.75. The monoisotopic (exact) mass is 242 g/mol. The molecule has 0 aromatic rings. The number of hydrogen-bond acceptors (Lipinski definition) is 1. The Kier molecular flexibility index (Phi) is 4.26. The standard InChI is InChI=1S/C6H2F8O/c7-1-3(9)5(11,12)15-6(13,14)4(10)2-8/h1-2H/b3-1-,4-2-. The first-order valence-corrected chi connectivity index (χ1v) is 3.06. The Bertz CT molecular complexity index is 253. The van der Waals surface area contributed by atoms with E-state index in [9.17, 15) is 35.1 Å². The topological polar surface area (TPSA) is 9.23 Å². The van der Waals surface area contributed by atoms with Crippen molar-refractivity contribution in [1.29, 1.82) is 0 Å². The second kappa shape index (κ2) is 4.60. The van der Waals surface area contributed by atoms with Crippen molar-refractivity contribution in [2.24, 2.45) is 0 Å². The summed E-state index contributed by atoms with van der Waals surface area (Å²) in [5.74, 6) is -6.01. The smallest absolute Gasteiger partial charge is 0.243 e. The van der Waals surface area contributed by atoms with E-state index in [-0.39, 0.29) is 0 Å². The number of rotatable bonds is 4. The van der Waals surface area contributed by atoms with Crippen molar-refractivity contribution >= 4 is 0 Å². The van der Waals surface area contributed by atoms with Gasteiger partial charge in [-0.15, -0.1) is 0 Å². The highest BCUT2D eigenvalue weighted by molar-refractivity contribution is 5.00. The third kappa shape index (κ3) is 3.50. The van der Waals surface area contributed by atoms with Gasteiger partial charge in [-0.25, -0.2) is 13.5 Å². The SMILES string of the molecule is F/C=C(\F)C(F)(F)OC(F)(F)/C(F)=C/F. The van der Waals surface area contributed by atoms with Crippen LogP contribution in [0.25, 0.3) is 0 Å². The minimum absolute atomic E-state index is 1.35. The van der Waals surface area contributed by atoms with Gasteiger partial charge in [-0.05, 0) is 0 Å². The molecule has 0 heterocycles. The lowest BCUT2D eigenvalue weighted by Gasteiger charge is -2.20. The highest BCUT2D eigenvalue weighted by atomic mass is 19.3. The van der Waals surface area contributed by atoms with Crippen molar-refractivity contribution in [3.63, 3.8) is 0 Å². The van der Waals surface area contributed by atoms with E-state index in [0.717, 1.165) is 0 Å². The largest absolute Gasteiger partial charge is 0.416 e. The van der Waals surface area contributed by atoms with Crippen LogP contribution in [0.2, 0.25) is 0 Å². The first kappa shape index (κ1) is 13.9. The zero-order valence-electron chi connectivity index (χ0n) is 6.59. The fraction of sp³-hybridized carbons (Fsp3) is 0.333. The molecular formula is C6H2F8O. The molecule has 0 saturated carbocycles. The lowest BCUT2D eigenvalue weighted by molar-refractivity contribution is -0.353. The Hall–Kier alpha value is -1.12. The second-order valence-electron chi connectivity index (χ2n) is 2.05. The summed E-state index contributed by atoms with van der Waals surface area (Å²) in [6, 6.07) is 0. The van der Waals surface area contributed by atoms with Crippen LogP contribution in [0.1, 0.15) is 0 Å². The molecule has 9 heteroatoms. The Morgan fingerprint density at radius 1 is 0.800 bits per heavy atom. The second-order valence-corrected chi connectivity index (χ2v) is 2.05. The molecule has 1 nitrogen and oxygen atoms in total. The van der Waals surface area contributed by atoms with Crippen LogP contribution in [0, 0.1) is 0 Å². The molecule has 0 aliphatic heterocycles. The highest BCUT2D eigenvalue weighted by Gasteiger charge is 2.51. The molecule has 0 amide bonds. The zero-order valence-corrected chi connectivity index (χ0v) is 6.59. The summed E-state index contributed by atoms with van der Waals surface area (Å²) < 4.78 is 96.9. The molecule has 0 N–H and O–H groups in total. The molecule has 0 unspecified atom stereocenters. The van der Waals surface area contributed by atoms with Gasteiger partial charge < -0.3 is 0 Å². The number of ether oxygens (including phenoxy) is 1. The van der Waals surface area contributed by atoms with Crippen molar-refractivity contribution in [2.45, 2.75) is 12.2 Å². The molecule has 0 spiro atoms. The molecule has 0 aromatic carbocycles. The van der Waals surface area contributed by atoms with E-state index in [1.807, 2.05) is 0 Å². The van der Waals surface area contributed by atoms with Crippen molar-refractivity contribution < 1.29 is 39.9 Å². The molecule has 0 bridgehead atoms. The summed E-state index contributed by atoms with van der Waals surface area (Å²) in [6.45, 7) is 0. The minimum atomic E-state index is -5.40. The van der Waals surface area contributed by atoms with Crippen LogP contribution in [0.5, 0.6) is 0 Å². The Morgan fingerprint density at radius 2 is 1.07 bits per heavy atom.